The van der Waals surface area contributed by atoms with Crippen LogP contribution < -0.4 is 10.5 Å². The van der Waals surface area contributed by atoms with E-state index in [0.29, 0.717) is 18.8 Å². The number of aromatic hydroxyl groups is 1. The van der Waals surface area contributed by atoms with E-state index in [1.54, 1.807) is 12.1 Å². The van der Waals surface area contributed by atoms with Gasteiger partial charge in [0.25, 0.3) is 0 Å². The highest BCUT2D eigenvalue weighted by Crippen LogP contribution is 2.30. The number of nitrogens with two attached hydrogens (primary N) is 1. The van der Waals surface area contributed by atoms with Crippen LogP contribution in [0.2, 0.25) is 0 Å². The molecule has 0 aliphatic heterocycles. The number of methoxy groups -OCH3 is 1. The van der Waals surface area contributed by atoms with Crippen LogP contribution in [0.3, 0.4) is 0 Å². The van der Waals surface area contributed by atoms with Gasteiger partial charge in [0.05, 0.1) is 7.11 Å². The smallest absolute Gasteiger partial charge is 0.239 e. The van der Waals surface area contributed by atoms with Crippen LogP contribution in [0.15, 0.2) is 18.2 Å². The van der Waals surface area contributed by atoms with Gasteiger partial charge in [-0.1, -0.05) is 19.9 Å². The molecule has 0 aromatic heterocycles. The predicted octanol–water partition coefficient (Wildman–Crippen LogP) is 1.27. The summed E-state index contributed by atoms with van der Waals surface area (Å²) in [6.45, 7) is 5.37. The van der Waals surface area contributed by atoms with Crippen molar-refractivity contribution in [3.63, 3.8) is 0 Å². The second-order valence-corrected chi connectivity index (χ2v) is 3.96. The number of hydrogen-bond donors (Lipinski definition) is 2. The highest BCUT2D eigenvalue weighted by molar-refractivity contribution is 5.81. The monoisotopic (exact) mass is 252 g/mol. The lowest BCUT2D eigenvalue weighted by Gasteiger charge is -2.27. The summed E-state index contributed by atoms with van der Waals surface area (Å²) in [6.07, 6.45) is 0. The van der Waals surface area contributed by atoms with Crippen LogP contribution in [-0.2, 0) is 4.79 Å². The van der Waals surface area contributed by atoms with Gasteiger partial charge in [-0.2, -0.15) is 0 Å². The summed E-state index contributed by atoms with van der Waals surface area (Å²) >= 11 is 0. The summed E-state index contributed by atoms with van der Waals surface area (Å²) in [5.74, 6) is -0.0265. The van der Waals surface area contributed by atoms with E-state index >= 15 is 0 Å². The zero-order valence-electron chi connectivity index (χ0n) is 11.0. The Labute approximate surface area is 107 Å². The minimum Gasteiger partial charge on any atom is -0.504 e. The van der Waals surface area contributed by atoms with Gasteiger partial charge in [0.1, 0.15) is 6.04 Å². The average Bonchev–Trinajstić information content (AvgIpc) is 2.36. The fourth-order valence-electron chi connectivity index (χ4n) is 2.01. The summed E-state index contributed by atoms with van der Waals surface area (Å²) in [6, 6.07) is 4.33. The van der Waals surface area contributed by atoms with Gasteiger partial charge in [-0.05, 0) is 30.8 Å². The molecule has 1 aromatic rings. The van der Waals surface area contributed by atoms with Crippen LogP contribution in [0.4, 0.5) is 0 Å². The maximum Gasteiger partial charge on any atom is 0.239 e. The van der Waals surface area contributed by atoms with Crippen molar-refractivity contribution in [3.8, 4) is 11.5 Å². The van der Waals surface area contributed by atoms with E-state index in [1.165, 1.54) is 13.2 Å². The highest BCUT2D eigenvalue weighted by Gasteiger charge is 2.24. The fourth-order valence-corrected chi connectivity index (χ4v) is 2.01. The zero-order valence-corrected chi connectivity index (χ0v) is 11.0. The molecule has 0 fully saturated rings. The molecule has 1 unspecified atom stereocenters. The molecule has 0 aliphatic rings. The van der Waals surface area contributed by atoms with Crippen LogP contribution in [0.5, 0.6) is 11.5 Å². The lowest BCUT2D eigenvalue weighted by atomic mass is 10.0. The first-order chi connectivity index (χ1) is 8.54. The Morgan fingerprint density at radius 1 is 1.44 bits per heavy atom. The summed E-state index contributed by atoms with van der Waals surface area (Å²) < 4.78 is 5.04. The summed E-state index contributed by atoms with van der Waals surface area (Å²) in [5, 5.41) is 9.55. The Balaban J connectivity index is 3.17. The van der Waals surface area contributed by atoms with Gasteiger partial charge >= 0.3 is 0 Å². The molecule has 5 nitrogen and oxygen atoms in total. The number of likely N-dealkylation sites (N-methyl/N-ethyl adjacent to an activating group) is 1. The molecule has 18 heavy (non-hydrogen) atoms. The van der Waals surface area contributed by atoms with Crippen LogP contribution in [0.25, 0.3) is 0 Å². The van der Waals surface area contributed by atoms with Gasteiger partial charge in [0.2, 0.25) is 5.91 Å². The third-order valence-electron chi connectivity index (χ3n) is 2.97. The number of primary amides is 1. The molecule has 0 spiro atoms. The van der Waals surface area contributed by atoms with Gasteiger partial charge < -0.3 is 15.6 Å². The standard InChI is InChI=1S/C13H20N2O3/c1-4-15(5-2)12(13(14)17)9-6-7-10(16)11(8-9)18-3/h6-8,12,16H,4-5H2,1-3H3,(H2,14,17). The van der Waals surface area contributed by atoms with Crippen LogP contribution in [0, 0.1) is 0 Å². The SMILES string of the molecule is CCN(CC)C(C(N)=O)c1ccc(O)c(OC)c1. The molecule has 0 aliphatic carbocycles. The van der Waals surface area contributed by atoms with Crippen molar-refractivity contribution in [1.82, 2.24) is 4.90 Å². The maximum atomic E-state index is 11.6. The summed E-state index contributed by atoms with van der Waals surface area (Å²) in [4.78, 5) is 13.6. The number of carbonyl (C=O) groups excluding carboxylic acids is 1. The topological polar surface area (TPSA) is 75.8 Å². The zero-order chi connectivity index (χ0) is 13.7. The van der Waals surface area contributed by atoms with Crippen molar-refractivity contribution >= 4 is 5.91 Å². The first kappa shape index (κ1) is 14.3. The van der Waals surface area contributed by atoms with Crippen LogP contribution in [-0.4, -0.2) is 36.1 Å². The first-order valence-electron chi connectivity index (χ1n) is 5.95. The number of phenolic OH excluding ortho intramolecular Hbond substituents is 1. The van der Waals surface area contributed by atoms with E-state index in [4.69, 9.17) is 10.5 Å². The first-order valence-corrected chi connectivity index (χ1v) is 5.95. The Morgan fingerprint density at radius 3 is 2.50 bits per heavy atom. The van der Waals surface area contributed by atoms with Crippen molar-refractivity contribution in [2.45, 2.75) is 19.9 Å². The number of carbonyl (C=O) groups is 1. The minimum absolute atomic E-state index is 0.0454. The molecule has 0 bridgehead atoms. The lowest BCUT2D eigenvalue weighted by Crippen LogP contribution is -2.37. The third kappa shape index (κ3) is 2.92. The molecule has 1 rings (SSSR count). The average molecular weight is 252 g/mol. The largest absolute Gasteiger partial charge is 0.504 e. The van der Waals surface area contributed by atoms with Gasteiger partial charge in [-0.25, -0.2) is 0 Å². The van der Waals surface area contributed by atoms with E-state index in [1.807, 2.05) is 18.7 Å². The molecule has 0 heterocycles. The molecule has 100 valence electrons. The number of phenols is 1. The summed E-state index contributed by atoms with van der Waals surface area (Å²) in [5.41, 5.74) is 6.19. The predicted molar refractivity (Wildman–Crippen MR) is 69.5 cm³/mol. The van der Waals surface area contributed by atoms with Crippen molar-refractivity contribution in [3.05, 3.63) is 23.8 Å². The molecule has 1 aromatic carbocycles. The molecule has 1 amide bonds. The second kappa shape index (κ2) is 6.26. The van der Waals surface area contributed by atoms with Crippen molar-refractivity contribution < 1.29 is 14.6 Å². The number of ether oxygens (including phenoxy) is 1. The van der Waals surface area contributed by atoms with Gasteiger partial charge in [0, 0.05) is 0 Å². The fraction of sp³-hybridized carbons (Fsp3) is 0.462. The maximum absolute atomic E-state index is 11.6. The quantitative estimate of drug-likeness (QED) is 0.799. The number of nitrogens with zero attached hydrogens (tertiary/aromatic N) is 1. The Kier molecular flexibility index (Phi) is 4.97. The second-order valence-electron chi connectivity index (χ2n) is 3.96. The van der Waals surface area contributed by atoms with Gasteiger partial charge in [-0.3, -0.25) is 9.69 Å². The highest BCUT2D eigenvalue weighted by atomic mass is 16.5. The van der Waals surface area contributed by atoms with Gasteiger partial charge in [0.15, 0.2) is 11.5 Å². The normalized spacial score (nSPS) is 12.4. The number of amides is 1. The van der Waals surface area contributed by atoms with Crippen LogP contribution >= 0.6 is 0 Å². The molecular weight excluding hydrogens is 232 g/mol. The Hall–Kier alpha value is -1.75. The molecule has 5 heteroatoms. The molecule has 0 saturated heterocycles. The number of hydrogen-bond acceptors (Lipinski definition) is 4. The lowest BCUT2D eigenvalue weighted by molar-refractivity contribution is -0.123. The van der Waals surface area contributed by atoms with Crippen molar-refractivity contribution in [1.29, 1.82) is 0 Å². The molecular formula is C13H20N2O3. The van der Waals surface area contributed by atoms with Crippen molar-refractivity contribution in [2.24, 2.45) is 5.73 Å². The molecule has 0 saturated carbocycles. The number of rotatable bonds is 6. The van der Waals surface area contributed by atoms with E-state index < -0.39 is 11.9 Å². The minimum atomic E-state index is -0.505. The van der Waals surface area contributed by atoms with E-state index in [0.717, 1.165) is 5.56 Å². The number of benzene rings is 1. The Morgan fingerprint density at radius 2 is 2.06 bits per heavy atom. The molecule has 0 radical (unpaired) electrons. The van der Waals surface area contributed by atoms with Crippen LogP contribution in [0.1, 0.15) is 25.5 Å². The van der Waals surface area contributed by atoms with E-state index in [-0.39, 0.29) is 5.75 Å². The van der Waals surface area contributed by atoms with Gasteiger partial charge in [-0.15, -0.1) is 0 Å². The Bertz CT molecular complexity index is 417. The summed E-state index contributed by atoms with van der Waals surface area (Å²) in [7, 11) is 1.47. The molecule has 3 N–H and O–H groups in total. The third-order valence-corrected chi connectivity index (χ3v) is 2.97. The van der Waals surface area contributed by atoms with E-state index in [9.17, 15) is 9.90 Å². The molecule has 1 atom stereocenters. The van der Waals surface area contributed by atoms with Crippen molar-refractivity contribution in [2.75, 3.05) is 20.2 Å². The van der Waals surface area contributed by atoms with E-state index in [2.05, 4.69) is 0 Å².